The van der Waals surface area contributed by atoms with Crippen LogP contribution in [0.3, 0.4) is 0 Å². The molecule has 5 nitrogen and oxygen atoms in total. The number of carbonyl (C=O) groups is 2. The molecule has 1 amide bonds. The van der Waals surface area contributed by atoms with E-state index in [-0.39, 0.29) is 11.5 Å². The summed E-state index contributed by atoms with van der Waals surface area (Å²) in [6, 6.07) is 3.29. The molecular formula is C12H12BrNO4. The number of amides is 1. The van der Waals surface area contributed by atoms with Gasteiger partial charge in [-0.1, -0.05) is 15.9 Å². The van der Waals surface area contributed by atoms with Crippen LogP contribution in [0.2, 0.25) is 0 Å². The summed E-state index contributed by atoms with van der Waals surface area (Å²) in [6.07, 6.45) is 0. The first-order chi connectivity index (χ1) is 8.49. The van der Waals surface area contributed by atoms with Crippen LogP contribution in [0.1, 0.15) is 22.8 Å². The van der Waals surface area contributed by atoms with E-state index < -0.39 is 5.97 Å². The van der Waals surface area contributed by atoms with Crippen LogP contribution in [0.15, 0.2) is 16.6 Å². The van der Waals surface area contributed by atoms with Crippen molar-refractivity contribution in [1.29, 1.82) is 0 Å². The largest absolute Gasteiger partial charge is 0.490 e. The molecule has 0 saturated carbocycles. The average molecular weight is 314 g/mol. The number of hydrogen-bond acceptors (Lipinski definition) is 3. The zero-order chi connectivity index (χ0) is 13.3. The zero-order valence-corrected chi connectivity index (χ0v) is 11.4. The van der Waals surface area contributed by atoms with Gasteiger partial charge in [0.05, 0.1) is 6.54 Å². The zero-order valence-electron chi connectivity index (χ0n) is 9.77. The summed E-state index contributed by atoms with van der Waals surface area (Å²) >= 11 is 3.27. The third-order valence-corrected chi connectivity index (χ3v) is 3.23. The third kappa shape index (κ3) is 2.48. The van der Waals surface area contributed by atoms with Gasteiger partial charge in [0, 0.05) is 23.5 Å². The highest BCUT2D eigenvalue weighted by atomic mass is 79.9. The normalized spacial score (nSPS) is 14.4. The van der Waals surface area contributed by atoms with Gasteiger partial charge in [-0.05, 0) is 12.1 Å². The van der Waals surface area contributed by atoms with Gasteiger partial charge in [0.15, 0.2) is 0 Å². The number of rotatable bonds is 1. The first-order valence-electron chi connectivity index (χ1n) is 5.43. The van der Waals surface area contributed by atoms with Crippen molar-refractivity contribution in [3.8, 4) is 5.75 Å². The molecule has 1 aliphatic rings. The number of ether oxygens (including phenoxy) is 1. The van der Waals surface area contributed by atoms with Gasteiger partial charge in [-0.3, -0.25) is 4.79 Å². The van der Waals surface area contributed by atoms with E-state index in [1.54, 1.807) is 11.0 Å². The topological polar surface area (TPSA) is 66.8 Å². The Hall–Kier alpha value is -1.56. The molecule has 1 aromatic carbocycles. The number of hydrogen-bond donors (Lipinski definition) is 1. The summed E-state index contributed by atoms with van der Waals surface area (Å²) in [4.78, 5) is 24.2. The van der Waals surface area contributed by atoms with Crippen molar-refractivity contribution in [3.63, 3.8) is 0 Å². The predicted molar refractivity (Wildman–Crippen MR) is 67.7 cm³/mol. The van der Waals surface area contributed by atoms with Gasteiger partial charge in [0.1, 0.15) is 17.9 Å². The van der Waals surface area contributed by atoms with Crippen molar-refractivity contribution in [3.05, 3.63) is 27.7 Å². The maximum Gasteiger partial charge on any atom is 0.339 e. The number of carboxylic acids is 1. The molecule has 18 heavy (non-hydrogen) atoms. The lowest BCUT2D eigenvalue weighted by molar-refractivity contribution is -0.129. The minimum absolute atomic E-state index is 0.0525. The fourth-order valence-electron chi connectivity index (χ4n) is 1.91. The Labute approximate surface area is 112 Å². The first-order valence-corrected chi connectivity index (χ1v) is 6.22. The summed E-state index contributed by atoms with van der Waals surface area (Å²) in [6.45, 7) is 2.61. The second-order valence-electron chi connectivity index (χ2n) is 4.04. The van der Waals surface area contributed by atoms with E-state index in [2.05, 4.69) is 15.9 Å². The first kappa shape index (κ1) is 12.9. The van der Waals surface area contributed by atoms with E-state index in [9.17, 15) is 9.59 Å². The summed E-state index contributed by atoms with van der Waals surface area (Å²) in [7, 11) is 0. The Morgan fingerprint density at radius 2 is 2.17 bits per heavy atom. The molecule has 0 saturated heterocycles. The molecule has 0 spiro atoms. The van der Waals surface area contributed by atoms with Crippen molar-refractivity contribution in [2.75, 3.05) is 13.2 Å². The van der Waals surface area contributed by atoms with E-state index in [0.29, 0.717) is 35.5 Å². The average Bonchev–Trinajstić information content (AvgIpc) is 2.49. The molecule has 96 valence electrons. The van der Waals surface area contributed by atoms with Gasteiger partial charge < -0.3 is 14.7 Å². The second-order valence-corrected chi connectivity index (χ2v) is 4.95. The predicted octanol–water partition coefficient (Wildman–Crippen LogP) is 1.89. The summed E-state index contributed by atoms with van der Waals surface area (Å²) < 4.78 is 6.14. The Kier molecular flexibility index (Phi) is 3.56. The molecule has 0 atom stereocenters. The number of halogens is 1. The fraction of sp³-hybridized carbons (Fsp3) is 0.333. The molecule has 1 aliphatic heterocycles. The van der Waals surface area contributed by atoms with E-state index in [1.807, 2.05) is 0 Å². The molecule has 0 fully saturated rings. The van der Waals surface area contributed by atoms with Crippen LogP contribution < -0.4 is 4.74 Å². The van der Waals surface area contributed by atoms with Crippen molar-refractivity contribution < 1.29 is 19.4 Å². The van der Waals surface area contributed by atoms with Crippen LogP contribution >= 0.6 is 15.9 Å². The monoisotopic (exact) mass is 313 g/mol. The van der Waals surface area contributed by atoms with E-state index >= 15 is 0 Å². The second kappa shape index (κ2) is 4.97. The van der Waals surface area contributed by atoms with E-state index in [4.69, 9.17) is 9.84 Å². The van der Waals surface area contributed by atoms with Crippen molar-refractivity contribution in [2.45, 2.75) is 13.5 Å². The maximum absolute atomic E-state index is 11.4. The highest BCUT2D eigenvalue weighted by Crippen LogP contribution is 2.31. The molecule has 0 radical (unpaired) electrons. The molecule has 1 heterocycles. The molecule has 0 aromatic heterocycles. The van der Waals surface area contributed by atoms with Crippen molar-refractivity contribution >= 4 is 27.8 Å². The lowest BCUT2D eigenvalue weighted by Gasteiger charge is -2.17. The minimum atomic E-state index is -1.04. The highest BCUT2D eigenvalue weighted by Gasteiger charge is 2.23. The number of nitrogens with zero attached hydrogens (tertiary/aromatic N) is 1. The summed E-state index contributed by atoms with van der Waals surface area (Å²) in [5.74, 6) is -0.735. The number of fused-ring (bicyclic) bond motifs is 1. The SMILES string of the molecule is CC(=O)N1CCOc2c(cc(Br)cc2C(=O)O)C1. The van der Waals surface area contributed by atoms with Crippen molar-refractivity contribution in [2.24, 2.45) is 0 Å². The summed E-state index contributed by atoms with van der Waals surface area (Å²) in [5, 5.41) is 9.15. The molecule has 2 rings (SSSR count). The minimum Gasteiger partial charge on any atom is -0.490 e. The van der Waals surface area contributed by atoms with Crippen LogP contribution in [0, 0.1) is 0 Å². The number of carboxylic acid groups (broad SMARTS) is 1. The molecule has 0 bridgehead atoms. The fourth-order valence-corrected chi connectivity index (χ4v) is 2.41. The van der Waals surface area contributed by atoms with Gasteiger partial charge in [-0.15, -0.1) is 0 Å². The Morgan fingerprint density at radius 1 is 1.44 bits per heavy atom. The number of carbonyl (C=O) groups excluding carboxylic acids is 1. The lowest BCUT2D eigenvalue weighted by atomic mass is 10.1. The Bertz CT molecular complexity index is 515. The van der Waals surface area contributed by atoms with Gasteiger partial charge in [0.2, 0.25) is 5.91 Å². The van der Waals surface area contributed by atoms with Crippen LogP contribution in [0.25, 0.3) is 0 Å². The molecule has 0 unspecified atom stereocenters. The van der Waals surface area contributed by atoms with Crippen LogP contribution in [0.5, 0.6) is 5.75 Å². The molecular weight excluding hydrogens is 302 g/mol. The van der Waals surface area contributed by atoms with Crippen molar-refractivity contribution in [1.82, 2.24) is 4.90 Å². The summed E-state index contributed by atoms with van der Waals surface area (Å²) in [5.41, 5.74) is 0.819. The molecule has 1 aromatic rings. The van der Waals surface area contributed by atoms with Crippen LogP contribution in [-0.2, 0) is 11.3 Å². The van der Waals surface area contributed by atoms with Gasteiger partial charge in [-0.25, -0.2) is 4.79 Å². The quantitative estimate of drug-likeness (QED) is 0.859. The molecule has 6 heteroatoms. The van der Waals surface area contributed by atoms with Crippen LogP contribution in [-0.4, -0.2) is 35.0 Å². The third-order valence-electron chi connectivity index (χ3n) is 2.78. The Balaban J connectivity index is 2.48. The molecule has 1 N–H and O–H groups in total. The smallest absolute Gasteiger partial charge is 0.339 e. The van der Waals surface area contributed by atoms with Gasteiger partial charge in [-0.2, -0.15) is 0 Å². The highest BCUT2D eigenvalue weighted by molar-refractivity contribution is 9.10. The van der Waals surface area contributed by atoms with Gasteiger partial charge in [0.25, 0.3) is 0 Å². The lowest BCUT2D eigenvalue weighted by Crippen LogP contribution is -2.30. The molecule has 0 aliphatic carbocycles. The van der Waals surface area contributed by atoms with Gasteiger partial charge >= 0.3 is 5.97 Å². The van der Waals surface area contributed by atoms with E-state index in [0.717, 1.165) is 0 Å². The standard InChI is InChI=1S/C12H12BrNO4/c1-7(15)14-2-3-18-11-8(6-14)4-9(13)5-10(11)12(16)17/h4-5H,2-3,6H2,1H3,(H,16,17). The van der Waals surface area contributed by atoms with E-state index in [1.165, 1.54) is 13.0 Å². The number of benzene rings is 1. The van der Waals surface area contributed by atoms with Crippen LogP contribution in [0.4, 0.5) is 0 Å². The maximum atomic E-state index is 11.4. The Morgan fingerprint density at radius 3 is 2.78 bits per heavy atom. The number of aromatic carboxylic acids is 1.